The molecule has 0 atom stereocenters. The molecule has 98 valence electrons. The number of anilines is 1. The van der Waals surface area contributed by atoms with Gasteiger partial charge in [0, 0.05) is 29.4 Å². The Morgan fingerprint density at radius 2 is 2.11 bits per heavy atom. The van der Waals surface area contributed by atoms with Crippen molar-refractivity contribution < 1.29 is 9.53 Å². The van der Waals surface area contributed by atoms with Gasteiger partial charge >= 0.3 is 6.03 Å². The highest BCUT2D eigenvalue weighted by Gasteiger charge is 2.15. The Bertz CT molecular complexity index is 431. The van der Waals surface area contributed by atoms with E-state index in [1.54, 1.807) is 0 Å². The molecule has 0 aliphatic carbocycles. The molecular weight excluding hydrogens is 296 g/mol. The number of carbonyl (C=O) groups is 1. The van der Waals surface area contributed by atoms with E-state index in [4.69, 9.17) is 4.74 Å². The minimum Gasteiger partial charge on any atom is -0.381 e. The molecule has 2 amide bonds. The van der Waals surface area contributed by atoms with Gasteiger partial charge in [-0.2, -0.15) is 0 Å². The molecule has 0 spiro atoms. The maximum Gasteiger partial charge on any atom is 0.319 e. The van der Waals surface area contributed by atoms with Gasteiger partial charge in [-0.3, -0.25) is 0 Å². The molecule has 5 heteroatoms. The van der Waals surface area contributed by atoms with Gasteiger partial charge < -0.3 is 15.4 Å². The van der Waals surface area contributed by atoms with Crippen LogP contribution in [0.5, 0.6) is 0 Å². The average Bonchev–Trinajstić information content (AvgIpc) is 2.35. The minimum atomic E-state index is -0.149. The SMILES string of the molecule is Cc1cc(NC(=O)NC2CCOCC2)ccc1Br. The number of aryl methyl sites for hydroxylation is 1. The molecule has 1 saturated heterocycles. The smallest absolute Gasteiger partial charge is 0.319 e. The summed E-state index contributed by atoms with van der Waals surface area (Å²) in [5.41, 5.74) is 1.90. The Morgan fingerprint density at radius 1 is 1.39 bits per heavy atom. The zero-order chi connectivity index (χ0) is 13.0. The summed E-state index contributed by atoms with van der Waals surface area (Å²) in [6.07, 6.45) is 1.76. The number of ether oxygens (including phenoxy) is 1. The fourth-order valence-corrected chi connectivity index (χ4v) is 2.16. The molecule has 0 saturated carbocycles. The predicted octanol–water partition coefficient (Wildman–Crippen LogP) is 3.06. The number of halogens is 1. The van der Waals surface area contributed by atoms with Crippen molar-refractivity contribution in [3.63, 3.8) is 0 Å². The van der Waals surface area contributed by atoms with Crippen molar-refractivity contribution in [2.45, 2.75) is 25.8 Å². The fourth-order valence-electron chi connectivity index (χ4n) is 1.92. The Labute approximate surface area is 115 Å². The van der Waals surface area contributed by atoms with Crippen LogP contribution in [0.2, 0.25) is 0 Å². The zero-order valence-corrected chi connectivity index (χ0v) is 11.9. The third kappa shape index (κ3) is 3.71. The molecule has 0 aromatic heterocycles. The van der Waals surface area contributed by atoms with Crippen LogP contribution in [0.1, 0.15) is 18.4 Å². The van der Waals surface area contributed by atoms with Gasteiger partial charge in [-0.25, -0.2) is 4.79 Å². The van der Waals surface area contributed by atoms with Gasteiger partial charge in [-0.15, -0.1) is 0 Å². The highest BCUT2D eigenvalue weighted by Crippen LogP contribution is 2.20. The van der Waals surface area contributed by atoms with Gasteiger partial charge in [0.2, 0.25) is 0 Å². The molecule has 2 rings (SSSR count). The Kier molecular flexibility index (Phi) is 4.60. The number of hydrogen-bond acceptors (Lipinski definition) is 2. The Hall–Kier alpha value is -1.07. The van der Waals surface area contributed by atoms with Gasteiger partial charge in [0.05, 0.1) is 0 Å². The molecular formula is C13H17BrN2O2. The Morgan fingerprint density at radius 3 is 2.78 bits per heavy atom. The largest absolute Gasteiger partial charge is 0.381 e. The number of hydrogen-bond donors (Lipinski definition) is 2. The molecule has 1 aliphatic rings. The molecule has 2 N–H and O–H groups in total. The standard InChI is InChI=1S/C13H17BrN2O2/c1-9-8-11(2-3-12(9)14)16-13(17)15-10-4-6-18-7-5-10/h2-3,8,10H,4-7H2,1H3,(H2,15,16,17). The van der Waals surface area contributed by atoms with Crippen LogP contribution in [0.4, 0.5) is 10.5 Å². The fraction of sp³-hybridized carbons (Fsp3) is 0.462. The molecule has 1 aromatic rings. The van der Waals surface area contributed by atoms with E-state index in [-0.39, 0.29) is 12.1 Å². The number of benzene rings is 1. The number of urea groups is 1. The summed E-state index contributed by atoms with van der Waals surface area (Å²) in [5.74, 6) is 0. The van der Waals surface area contributed by atoms with E-state index in [9.17, 15) is 4.79 Å². The van der Waals surface area contributed by atoms with Crippen molar-refractivity contribution in [1.29, 1.82) is 0 Å². The maximum atomic E-state index is 11.8. The molecule has 1 aliphatic heterocycles. The molecule has 4 nitrogen and oxygen atoms in total. The van der Waals surface area contributed by atoms with Gasteiger partial charge in [0.1, 0.15) is 0 Å². The second-order valence-corrected chi connectivity index (χ2v) is 5.30. The Balaban J connectivity index is 1.88. The van der Waals surface area contributed by atoms with Crippen molar-refractivity contribution in [2.75, 3.05) is 18.5 Å². The topological polar surface area (TPSA) is 50.4 Å². The first-order valence-corrected chi connectivity index (χ1v) is 6.86. The lowest BCUT2D eigenvalue weighted by Gasteiger charge is -2.23. The second kappa shape index (κ2) is 6.20. The molecule has 0 radical (unpaired) electrons. The summed E-state index contributed by atoms with van der Waals surface area (Å²) in [4.78, 5) is 11.8. The lowest BCUT2D eigenvalue weighted by molar-refractivity contribution is 0.0806. The van der Waals surface area contributed by atoms with E-state index in [0.717, 1.165) is 41.8 Å². The van der Waals surface area contributed by atoms with Crippen LogP contribution in [0.3, 0.4) is 0 Å². The van der Waals surface area contributed by atoms with Crippen LogP contribution >= 0.6 is 15.9 Å². The molecule has 1 heterocycles. The van der Waals surface area contributed by atoms with Gasteiger partial charge in [-0.05, 0) is 43.5 Å². The lowest BCUT2D eigenvalue weighted by Crippen LogP contribution is -2.41. The molecule has 0 bridgehead atoms. The van der Waals surface area contributed by atoms with E-state index in [1.807, 2.05) is 25.1 Å². The van der Waals surface area contributed by atoms with Crippen molar-refractivity contribution in [2.24, 2.45) is 0 Å². The van der Waals surface area contributed by atoms with Crippen LogP contribution < -0.4 is 10.6 Å². The summed E-state index contributed by atoms with van der Waals surface area (Å²) in [6.45, 7) is 3.44. The normalized spacial score (nSPS) is 16.3. The first kappa shape index (κ1) is 13.4. The van der Waals surface area contributed by atoms with Crippen molar-refractivity contribution >= 4 is 27.6 Å². The van der Waals surface area contributed by atoms with Crippen LogP contribution in [0.15, 0.2) is 22.7 Å². The minimum absolute atomic E-state index is 0.149. The van der Waals surface area contributed by atoms with E-state index in [1.165, 1.54) is 0 Å². The maximum absolute atomic E-state index is 11.8. The highest BCUT2D eigenvalue weighted by molar-refractivity contribution is 9.10. The highest BCUT2D eigenvalue weighted by atomic mass is 79.9. The van der Waals surface area contributed by atoms with Crippen molar-refractivity contribution in [3.8, 4) is 0 Å². The molecule has 1 aromatic carbocycles. The monoisotopic (exact) mass is 312 g/mol. The summed E-state index contributed by atoms with van der Waals surface area (Å²) in [5, 5.41) is 5.81. The molecule has 1 fully saturated rings. The van der Waals surface area contributed by atoms with Gasteiger partial charge in [0.25, 0.3) is 0 Å². The average molecular weight is 313 g/mol. The molecule has 0 unspecified atom stereocenters. The van der Waals surface area contributed by atoms with E-state index >= 15 is 0 Å². The first-order chi connectivity index (χ1) is 8.65. The molecule has 18 heavy (non-hydrogen) atoms. The van der Waals surface area contributed by atoms with E-state index in [2.05, 4.69) is 26.6 Å². The summed E-state index contributed by atoms with van der Waals surface area (Å²) >= 11 is 3.43. The first-order valence-electron chi connectivity index (χ1n) is 6.06. The van der Waals surface area contributed by atoms with Crippen LogP contribution in [-0.2, 0) is 4.74 Å². The predicted molar refractivity (Wildman–Crippen MR) is 74.9 cm³/mol. The number of rotatable bonds is 2. The van der Waals surface area contributed by atoms with Crippen LogP contribution in [0.25, 0.3) is 0 Å². The second-order valence-electron chi connectivity index (χ2n) is 4.45. The van der Waals surface area contributed by atoms with Crippen LogP contribution in [0, 0.1) is 6.92 Å². The summed E-state index contributed by atoms with van der Waals surface area (Å²) < 4.78 is 6.29. The van der Waals surface area contributed by atoms with Gasteiger partial charge in [-0.1, -0.05) is 15.9 Å². The van der Waals surface area contributed by atoms with Gasteiger partial charge in [0.15, 0.2) is 0 Å². The third-order valence-corrected chi connectivity index (χ3v) is 3.86. The number of nitrogens with one attached hydrogen (secondary N) is 2. The summed E-state index contributed by atoms with van der Waals surface area (Å²) in [7, 11) is 0. The van der Waals surface area contributed by atoms with Crippen molar-refractivity contribution in [3.05, 3.63) is 28.2 Å². The van der Waals surface area contributed by atoms with E-state index < -0.39 is 0 Å². The summed E-state index contributed by atoms with van der Waals surface area (Å²) in [6, 6.07) is 5.81. The number of carbonyl (C=O) groups excluding carboxylic acids is 1. The van der Waals surface area contributed by atoms with Crippen LogP contribution in [-0.4, -0.2) is 25.3 Å². The van der Waals surface area contributed by atoms with Crippen molar-refractivity contribution in [1.82, 2.24) is 5.32 Å². The quantitative estimate of drug-likeness (QED) is 0.881. The lowest BCUT2D eigenvalue weighted by atomic mass is 10.1. The van der Waals surface area contributed by atoms with E-state index in [0.29, 0.717) is 0 Å². The third-order valence-electron chi connectivity index (χ3n) is 2.97. The zero-order valence-electron chi connectivity index (χ0n) is 10.3. The number of amides is 2.